The summed E-state index contributed by atoms with van der Waals surface area (Å²) in [5.74, 6) is -0.691. The van der Waals surface area contributed by atoms with Gasteiger partial charge in [-0.05, 0) is 58.4 Å². The number of nitrogens with one attached hydrogen (secondary N) is 1. The minimum atomic E-state index is -0.400. The van der Waals surface area contributed by atoms with Gasteiger partial charge in [-0.2, -0.15) is 5.10 Å². The fourth-order valence-corrected chi connectivity index (χ4v) is 2.79. The van der Waals surface area contributed by atoms with Gasteiger partial charge in [-0.15, -0.1) is 0 Å². The summed E-state index contributed by atoms with van der Waals surface area (Å²) in [5.41, 5.74) is 2.09. The molecule has 0 spiro atoms. The van der Waals surface area contributed by atoms with Gasteiger partial charge in [0.1, 0.15) is 5.82 Å². The summed E-state index contributed by atoms with van der Waals surface area (Å²) in [6.07, 6.45) is 3.50. The van der Waals surface area contributed by atoms with Gasteiger partial charge in [0.25, 0.3) is 5.91 Å². The van der Waals surface area contributed by atoms with Crippen LogP contribution in [-0.2, 0) is 6.54 Å². The molecule has 0 aliphatic rings. The molecule has 0 radical (unpaired) electrons. The summed E-state index contributed by atoms with van der Waals surface area (Å²) in [6.45, 7) is 0.316. The molecule has 0 atom stereocenters. The number of amides is 1. The average Bonchev–Trinajstić information content (AvgIpc) is 3.02. The Morgan fingerprint density at radius 2 is 2.00 bits per heavy atom. The second kappa shape index (κ2) is 7.15. The maximum atomic E-state index is 13.1. The van der Waals surface area contributed by atoms with E-state index in [-0.39, 0.29) is 5.91 Å². The normalized spacial score (nSPS) is 10.6. The Morgan fingerprint density at radius 3 is 2.71 bits per heavy atom. The quantitative estimate of drug-likeness (QED) is 0.697. The van der Waals surface area contributed by atoms with Crippen LogP contribution in [0.4, 0.5) is 4.39 Å². The number of nitrogens with zero attached hydrogens (tertiary/aromatic N) is 2. The summed E-state index contributed by atoms with van der Waals surface area (Å²) in [4.78, 5) is 12.2. The monoisotopic (exact) mass is 407 g/mol. The zero-order valence-electron chi connectivity index (χ0n) is 12.3. The highest BCUT2D eigenvalue weighted by atomic mass is 79.9. The highest BCUT2D eigenvalue weighted by Crippen LogP contribution is 2.18. The Kier molecular flexibility index (Phi) is 4.97. The van der Waals surface area contributed by atoms with Gasteiger partial charge in [-0.1, -0.05) is 11.6 Å². The fourth-order valence-electron chi connectivity index (χ4n) is 2.14. The Hall–Kier alpha value is -2.18. The first-order valence-electron chi connectivity index (χ1n) is 7.05. The van der Waals surface area contributed by atoms with Crippen molar-refractivity contribution in [2.24, 2.45) is 0 Å². The molecular weight excluding hydrogens is 397 g/mol. The largest absolute Gasteiger partial charge is 0.348 e. The Labute approximate surface area is 151 Å². The molecule has 0 saturated carbocycles. The third-order valence-electron chi connectivity index (χ3n) is 3.36. The van der Waals surface area contributed by atoms with Crippen LogP contribution in [0.15, 0.2) is 59.3 Å². The molecule has 7 heteroatoms. The van der Waals surface area contributed by atoms with Crippen molar-refractivity contribution < 1.29 is 9.18 Å². The van der Waals surface area contributed by atoms with Gasteiger partial charge in [-0.25, -0.2) is 9.07 Å². The first-order chi connectivity index (χ1) is 11.5. The molecule has 0 aliphatic heterocycles. The fraction of sp³-hybridized carbons (Fsp3) is 0.0588. The van der Waals surface area contributed by atoms with Crippen molar-refractivity contribution in [2.45, 2.75) is 6.54 Å². The van der Waals surface area contributed by atoms with Crippen molar-refractivity contribution in [3.05, 3.63) is 81.3 Å². The zero-order valence-corrected chi connectivity index (χ0v) is 14.7. The Balaban J connectivity index is 1.67. The van der Waals surface area contributed by atoms with E-state index in [1.807, 2.05) is 18.3 Å². The molecule has 3 aromatic rings. The second-order valence-electron chi connectivity index (χ2n) is 5.08. The number of halogens is 3. The van der Waals surface area contributed by atoms with Gasteiger partial charge < -0.3 is 5.32 Å². The van der Waals surface area contributed by atoms with E-state index >= 15 is 0 Å². The Morgan fingerprint density at radius 1 is 1.25 bits per heavy atom. The summed E-state index contributed by atoms with van der Waals surface area (Å²) in [5, 5.41) is 7.70. The molecule has 0 saturated heterocycles. The highest BCUT2D eigenvalue weighted by Gasteiger charge is 2.11. The molecule has 0 fully saturated rings. The number of hydrogen-bond acceptors (Lipinski definition) is 2. The summed E-state index contributed by atoms with van der Waals surface area (Å²) in [6, 6.07) is 11.2. The maximum Gasteiger partial charge on any atom is 0.252 e. The lowest BCUT2D eigenvalue weighted by Gasteiger charge is -2.06. The minimum absolute atomic E-state index is 0.291. The molecule has 0 bridgehead atoms. The smallest absolute Gasteiger partial charge is 0.252 e. The van der Waals surface area contributed by atoms with Crippen LogP contribution >= 0.6 is 27.5 Å². The molecule has 1 N–H and O–H groups in total. The number of rotatable bonds is 4. The van der Waals surface area contributed by atoms with Crippen LogP contribution in [0.1, 0.15) is 15.9 Å². The Bertz CT molecular complexity index is 880. The van der Waals surface area contributed by atoms with E-state index in [9.17, 15) is 9.18 Å². The lowest BCUT2D eigenvalue weighted by Crippen LogP contribution is -2.23. The van der Waals surface area contributed by atoms with Crippen molar-refractivity contribution in [1.82, 2.24) is 15.1 Å². The summed E-state index contributed by atoms with van der Waals surface area (Å²) in [7, 11) is 0. The molecule has 2 aromatic carbocycles. The molecule has 0 aliphatic carbocycles. The van der Waals surface area contributed by atoms with Crippen molar-refractivity contribution >= 4 is 33.4 Å². The lowest BCUT2D eigenvalue weighted by atomic mass is 10.2. The van der Waals surface area contributed by atoms with Crippen LogP contribution in [0, 0.1) is 5.82 Å². The topological polar surface area (TPSA) is 46.9 Å². The molecule has 1 amide bonds. The first kappa shape index (κ1) is 16.7. The van der Waals surface area contributed by atoms with Crippen molar-refractivity contribution in [3.8, 4) is 5.69 Å². The molecule has 24 heavy (non-hydrogen) atoms. The van der Waals surface area contributed by atoms with Gasteiger partial charge in [0, 0.05) is 27.8 Å². The van der Waals surface area contributed by atoms with E-state index in [4.69, 9.17) is 11.6 Å². The number of hydrogen-bond donors (Lipinski definition) is 1. The minimum Gasteiger partial charge on any atom is -0.348 e. The molecule has 122 valence electrons. The van der Waals surface area contributed by atoms with Gasteiger partial charge in [0.2, 0.25) is 0 Å². The number of benzene rings is 2. The molecule has 1 aromatic heterocycles. The van der Waals surface area contributed by atoms with Gasteiger partial charge >= 0.3 is 0 Å². The van der Waals surface area contributed by atoms with E-state index in [0.29, 0.717) is 21.6 Å². The van der Waals surface area contributed by atoms with Crippen LogP contribution in [-0.4, -0.2) is 15.7 Å². The van der Waals surface area contributed by atoms with Gasteiger partial charge in [-0.3, -0.25) is 4.79 Å². The number of carbonyl (C=O) groups is 1. The molecule has 4 nitrogen and oxygen atoms in total. The third-order valence-corrected chi connectivity index (χ3v) is 4.26. The van der Waals surface area contributed by atoms with E-state index in [1.54, 1.807) is 23.0 Å². The van der Waals surface area contributed by atoms with Crippen molar-refractivity contribution in [1.29, 1.82) is 0 Å². The van der Waals surface area contributed by atoms with Crippen LogP contribution < -0.4 is 5.32 Å². The van der Waals surface area contributed by atoms with Crippen LogP contribution in [0.5, 0.6) is 0 Å². The van der Waals surface area contributed by atoms with Crippen molar-refractivity contribution in [2.75, 3.05) is 0 Å². The second-order valence-corrected chi connectivity index (χ2v) is 6.37. The van der Waals surface area contributed by atoms with Crippen LogP contribution in [0.3, 0.4) is 0 Å². The predicted octanol–water partition coefficient (Wildman–Crippen LogP) is 4.36. The summed E-state index contributed by atoms with van der Waals surface area (Å²) >= 11 is 9.05. The van der Waals surface area contributed by atoms with E-state index in [1.165, 1.54) is 18.2 Å². The van der Waals surface area contributed by atoms with Crippen molar-refractivity contribution in [3.63, 3.8) is 0 Å². The first-order valence-corrected chi connectivity index (χ1v) is 8.23. The third kappa shape index (κ3) is 3.83. The lowest BCUT2D eigenvalue weighted by molar-refractivity contribution is 0.0950. The van der Waals surface area contributed by atoms with E-state index in [0.717, 1.165) is 11.3 Å². The molecule has 1 heterocycles. The summed E-state index contributed by atoms with van der Waals surface area (Å²) < 4.78 is 15.2. The standard InChI is InChI=1S/C17H12BrClFN3O/c18-16-7-13(20)3-6-15(16)17(24)21-8-11-9-22-23(10-11)14-4-1-12(19)2-5-14/h1-7,9-10H,8H2,(H,21,24). The molecule has 0 unspecified atom stereocenters. The number of carbonyl (C=O) groups excluding carboxylic acids is 1. The maximum absolute atomic E-state index is 13.1. The molecular formula is C17H12BrClFN3O. The van der Waals surface area contributed by atoms with Crippen LogP contribution in [0.25, 0.3) is 5.69 Å². The number of aromatic nitrogens is 2. The van der Waals surface area contributed by atoms with E-state index in [2.05, 4.69) is 26.3 Å². The average molecular weight is 409 g/mol. The van der Waals surface area contributed by atoms with Gasteiger partial charge in [0.05, 0.1) is 17.4 Å². The van der Waals surface area contributed by atoms with E-state index < -0.39 is 5.82 Å². The zero-order chi connectivity index (χ0) is 17.1. The predicted molar refractivity (Wildman–Crippen MR) is 93.8 cm³/mol. The SMILES string of the molecule is O=C(NCc1cnn(-c2ccc(Cl)cc2)c1)c1ccc(F)cc1Br. The highest BCUT2D eigenvalue weighted by molar-refractivity contribution is 9.10. The van der Waals surface area contributed by atoms with Gasteiger partial charge in [0.15, 0.2) is 0 Å². The molecule has 3 rings (SSSR count). The van der Waals surface area contributed by atoms with Crippen LogP contribution in [0.2, 0.25) is 5.02 Å².